The molecule has 2 fully saturated rings. The number of ether oxygens (including phenoxy) is 2. The Morgan fingerprint density at radius 1 is 1.00 bits per heavy atom. The van der Waals surface area contributed by atoms with Gasteiger partial charge in [-0.15, -0.1) is 0 Å². The molecular formula is C29H37N3O7. The van der Waals surface area contributed by atoms with E-state index in [2.05, 4.69) is 5.32 Å². The average molecular weight is 540 g/mol. The lowest BCUT2D eigenvalue weighted by Gasteiger charge is -2.35. The summed E-state index contributed by atoms with van der Waals surface area (Å²) in [6.07, 6.45) is 2.23. The minimum absolute atomic E-state index is 0.0220. The van der Waals surface area contributed by atoms with Crippen molar-refractivity contribution in [1.29, 1.82) is 0 Å². The Morgan fingerprint density at radius 2 is 1.59 bits per heavy atom. The Balaban J connectivity index is 1.65. The van der Waals surface area contributed by atoms with Gasteiger partial charge in [0.15, 0.2) is 0 Å². The molecule has 0 radical (unpaired) electrons. The van der Waals surface area contributed by atoms with E-state index >= 15 is 0 Å². The van der Waals surface area contributed by atoms with Gasteiger partial charge in [0.1, 0.15) is 6.04 Å². The maximum atomic E-state index is 13.9. The third kappa shape index (κ3) is 7.20. The lowest BCUT2D eigenvalue weighted by atomic mass is 9.99. The summed E-state index contributed by atoms with van der Waals surface area (Å²) in [5.41, 5.74) is 0.211. The fourth-order valence-corrected chi connectivity index (χ4v) is 5.24. The predicted molar refractivity (Wildman–Crippen MR) is 144 cm³/mol. The minimum Gasteiger partial charge on any atom is -0.394 e. The zero-order chi connectivity index (χ0) is 28.2. The molecule has 0 bridgehead atoms. The zero-order valence-electron chi connectivity index (χ0n) is 22.6. The molecule has 2 aliphatic heterocycles. The van der Waals surface area contributed by atoms with Crippen molar-refractivity contribution in [3.63, 3.8) is 0 Å². The van der Waals surface area contributed by atoms with Crippen LogP contribution < -0.4 is 5.32 Å². The van der Waals surface area contributed by atoms with Crippen molar-refractivity contribution in [2.24, 2.45) is 0 Å². The number of nitro benzene ring substituents is 1. The van der Waals surface area contributed by atoms with E-state index in [1.807, 2.05) is 26.8 Å². The van der Waals surface area contributed by atoms with Crippen molar-refractivity contribution in [2.45, 2.75) is 82.5 Å². The van der Waals surface area contributed by atoms with Gasteiger partial charge >= 0.3 is 0 Å². The highest BCUT2D eigenvalue weighted by atomic mass is 16.6. The highest BCUT2D eigenvalue weighted by Gasteiger charge is 2.40. The van der Waals surface area contributed by atoms with Crippen LogP contribution >= 0.6 is 0 Å². The molecule has 2 aliphatic rings. The summed E-state index contributed by atoms with van der Waals surface area (Å²) in [7, 11) is 0. The van der Waals surface area contributed by atoms with E-state index in [9.17, 15) is 24.8 Å². The van der Waals surface area contributed by atoms with Crippen molar-refractivity contribution < 1.29 is 29.1 Å². The SMILES string of the molecule is CC(C)(C)NC(=O)C(c1ccc([N+](=O)[O-])cc1)N(C[C@H]1CC[C@@H]([C@@H]2CC[C@H](CO)O2)O1)C(=O)c1ccccc1. The van der Waals surface area contributed by atoms with Gasteiger partial charge in [-0.2, -0.15) is 0 Å². The molecule has 210 valence electrons. The molecule has 2 aromatic carbocycles. The second-order valence-corrected chi connectivity index (χ2v) is 11.2. The summed E-state index contributed by atoms with van der Waals surface area (Å²) in [4.78, 5) is 40.0. The van der Waals surface area contributed by atoms with E-state index in [0.717, 1.165) is 19.3 Å². The average Bonchev–Trinajstić information content (AvgIpc) is 3.57. The van der Waals surface area contributed by atoms with Crippen LogP contribution in [0.5, 0.6) is 0 Å². The maximum absolute atomic E-state index is 13.9. The van der Waals surface area contributed by atoms with Crippen LogP contribution in [0.3, 0.4) is 0 Å². The fraction of sp³-hybridized carbons (Fsp3) is 0.517. The molecule has 2 amide bonds. The molecule has 4 rings (SSSR count). The molecule has 0 aliphatic carbocycles. The molecule has 39 heavy (non-hydrogen) atoms. The maximum Gasteiger partial charge on any atom is 0.269 e. The smallest absolute Gasteiger partial charge is 0.269 e. The van der Waals surface area contributed by atoms with E-state index in [4.69, 9.17) is 9.47 Å². The molecule has 1 unspecified atom stereocenters. The number of rotatable bonds is 9. The lowest BCUT2D eigenvalue weighted by Crippen LogP contribution is -2.51. The molecule has 10 heteroatoms. The largest absolute Gasteiger partial charge is 0.394 e. The molecule has 0 saturated carbocycles. The monoisotopic (exact) mass is 539 g/mol. The van der Waals surface area contributed by atoms with Crippen LogP contribution in [0.1, 0.15) is 68.4 Å². The van der Waals surface area contributed by atoms with E-state index in [-0.39, 0.29) is 55.1 Å². The van der Waals surface area contributed by atoms with Crippen molar-refractivity contribution in [1.82, 2.24) is 10.2 Å². The molecule has 10 nitrogen and oxygen atoms in total. The molecule has 2 aromatic rings. The van der Waals surface area contributed by atoms with Crippen LogP contribution in [0.2, 0.25) is 0 Å². The number of amides is 2. The Bertz CT molecular complexity index is 1150. The molecular weight excluding hydrogens is 502 g/mol. The lowest BCUT2D eigenvalue weighted by molar-refractivity contribution is -0.384. The number of nitro groups is 1. The molecule has 2 N–H and O–H groups in total. The molecule has 2 saturated heterocycles. The Kier molecular flexibility index (Phi) is 8.99. The number of aliphatic hydroxyl groups excluding tert-OH is 1. The Morgan fingerprint density at radius 3 is 2.13 bits per heavy atom. The number of aliphatic hydroxyl groups is 1. The van der Waals surface area contributed by atoms with Gasteiger partial charge in [-0.05, 0) is 76.3 Å². The van der Waals surface area contributed by atoms with Gasteiger partial charge < -0.3 is 24.8 Å². The third-order valence-corrected chi connectivity index (χ3v) is 7.06. The summed E-state index contributed by atoms with van der Waals surface area (Å²) in [5.74, 6) is -0.729. The second-order valence-electron chi connectivity index (χ2n) is 11.2. The van der Waals surface area contributed by atoms with E-state index in [1.54, 1.807) is 24.3 Å². The quantitative estimate of drug-likeness (QED) is 0.366. The van der Waals surface area contributed by atoms with Gasteiger partial charge in [0, 0.05) is 29.8 Å². The second kappa shape index (κ2) is 12.2. The van der Waals surface area contributed by atoms with Gasteiger partial charge in [-0.3, -0.25) is 19.7 Å². The van der Waals surface area contributed by atoms with Crippen LogP contribution in [0.25, 0.3) is 0 Å². The van der Waals surface area contributed by atoms with Gasteiger partial charge in [-0.1, -0.05) is 18.2 Å². The van der Waals surface area contributed by atoms with Crippen molar-refractivity contribution in [3.8, 4) is 0 Å². The summed E-state index contributed by atoms with van der Waals surface area (Å²) >= 11 is 0. The van der Waals surface area contributed by atoms with E-state index < -0.39 is 16.5 Å². The third-order valence-electron chi connectivity index (χ3n) is 7.06. The molecule has 0 spiro atoms. The van der Waals surface area contributed by atoms with Gasteiger partial charge in [0.25, 0.3) is 11.6 Å². The van der Waals surface area contributed by atoms with Gasteiger partial charge in [-0.25, -0.2) is 0 Å². The first-order valence-electron chi connectivity index (χ1n) is 13.4. The number of hydrogen-bond donors (Lipinski definition) is 2. The van der Waals surface area contributed by atoms with E-state index in [0.29, 0.717) is 17.5 Å². The minimum atomic E-state index is -1.04. The number of nitrogens with zero attached hydrogens (tertiary/aromatic N) is 2. The van der Waals surface area contributed by atoms with Crippen molar-refractivity contribution in [2.75, 3.05) is 13.2 Å². The topological polar surface area (TPSA) is 131 Å². The molecule has 2 heterocycles. The van der Waals surface area contributed by atoms with Gasteiger partial charge in [0.05, 0.1) is 35.9 Å². The molecule has 0 aromatic heterocycles. The fourth-order valence-electron chi connectivity index (χ4n) is 5.24. The number of carbonyl (C=O) groups is 2. The van der Waals surface area contributed by atoms with Gasteiger partial charge in [0.2, 0.25) is 5.91 Å². The predicted octanol–water partition coefficient (Wildman–Crippen LogP) is 3.78. The first-order chi connectivity index (χ1) is 18.6. The summed E-state index contributed by atoms with van der Waals surface area (Å²) in [6.45, 7) is 5.69. The first-order valence-corrected chi connectivity index (χ1v) is 13.4. The Labute approximate surface area is 228 Å². The van der Waals surface area contributed by atoms with Crippen molar-refractivity contribution in [3.05, 3.63) is 75.8 Å². The summed E-state index contributed by atoms with van der Waals surface area (Å²) < 4.78 is 12.3. The number of benzene rings is 2. The highest BCUT2D eigenvalue weighted by molar-refractivity contribution is 5.98. The normalized spacial score (nSPS) is 23.8. The van der Waals surface area contributed by atoms with Crippen LogP contribution in [0.4, 0.5) is 5.69 Å². The summed E-state index contributed by atoms with van der Waals surface area (Å²) in [5, 5.41) is 23.7. The molecule has 5 atom stereocenters. The zero-order valence-corrected chi connectivity index (χ0v) is 22.6. The van der Waals surface area contributed by atoms with Crippen LogP contribution in [0.15, 0.2) is 54.6 Å². The van der Waals surface area contributed by atoms with Crippen LogP contribution in [-0.2, 0) is 14.3 Å². The highest BCUT2D eigenvalue weighted by Crippen LogP contribution is 2.34. The number of nitrogens with one attached hydrogen (secondary N) is 1. The van der Waals surface area contributed by atoms with Crippen LogP contribution in [0, 0.1) is 10.1 Å². The standard InChI is InChI=1S/C29H37N3O7/c1-29(2,3)30-27(34)26(19-9-11-21(12-10-19)32(36)37)31(28(35)20-7-5-4-6-8-20)17-22-13-15-24(38-22)25-16-14-23(18-33)39-25/h4-12,22-26,33H,13-18H2,1-3H3,(H,30,34)/t22-,23-,24+,25+,26?/m1/s1. The Hall–Kier alpha value is -3.34. The van der Waals surface area contributed by atoms with E-state index in [1.165, 1.54) is 29.2 Å². The first kappa shape index (κ1) is 28.7. The van der Waals surface area contributed by atoms with Crippen LogP contribution in [-0.4, -0.2) is 69.9 Å². The number of carbonyl (C=O) groups excluding carboxylic acids is 2. The number of non-ortho nitro benzene ring substituents is 1. The number of hydrogen-bond acceptors (Lipinski definition) is 7. The summed E-state index contributed by atoms with van der Waals surface area (Å²) in [6, 6.07) is 13.4. The van der Waals surface area contributed by atoms with Crippen molar-refractivity contribution >= 4 is 17.5 Å².